The zero-order valence-corrected chi connectivity index (χ0v) is 18.9. The summed E-state index contributed by atoms with van der Waals surface area (Å²) in [7, 11) is 0. The van der Waals surface area contributed by atoms with Crippen LogP contribution in [0.4, 0.5) is 0 Å². The van der Waals surface area contributed by atoms with E-state index in [9.17, 15) is 9.59 Å². The van der Waals surface area contributed by atoms with Gasteiger partial charge >= 0.3 is 0 Å². The SMILES string of the molecule is O=C(CCCC1NC(C2CNCCN2)NO1)NCCCNC1NNC(=O)C2CCCCC12. The van der Waals surface area contributed by atoms with Gasteiger partial charge in [0.15, 0.2) is 0 Å². The van der Waals surface area contributed by atoms with Crippen molar-refractivity contribution in [2.24, 2.45) is 11.8 Å². The molecule has 3 saturated heterocycles. The number of carbonyl (C=O) groups excluding carboxylic acids is 2. The minimum Gasteiger partial charge on any atom is -0.356 e. The summed E-state index contributed by atoms with van der Waals surface area (Å²) >= 11 is 0. The molecule has 0 aromatic carbocycles. The number of hydrogen-bond acceptors (Lipinski definition) is 9. The third-order valence-corrected chi connectivity index (χ3v) is 7.02. The molecule has 0 radical (unpaired) electrons. The smallest absolute Gasteiger partial charge is 0.237 e. The van der Waals surface area contributed by atoms with Crippen molar-refractivity contribution in [2.45, 2.75) is 76.0 Å². The molecule has 3 aliphatic heterocycles. The molecule has 8 N–H and O–H groups in total. The van der Waals surface area contributed by atoms with Crippen molar-refractivity contribution < 1.29 is 14.4 Å². The lowest BCUT2D eigenvalue weighted by atomic mass is 9.76. The van der Waals surface area contributed by atoms with Gasteiger partial charge in [0.25, 0.3) is 0 Å². The molecule has 3 heterocycles. The fourth-order valence-corrected chi connectivity index (χ4v) is 5.22. The molecule has 11 heteroatoms. The number of hydroxylamine groups is 1. The molecular weight excluding hydrogens is 412 g/mol. The molecule has 0 bridgehead atoms. The molecule has 0 spiro atoms. The zero-order chi connectivity index (χ0) is 22.2. The monoisotopic (exact) mass is 452 g/mol. The van der Waals surface area contributed by atoms with Crippen LogP contribution in [0.2, 0.25) is 0 Å². The highest BCUT2D eigenvalue weighted by molar-refractivity contribution is 5.79. The summed E-state index contributed by atoms with van der Waals surface area (Å²) in [6.07, 6.45) is 7.48. The van der Waals surface area contributed by atoms with Crippen LogP contribution in [-0.2, 0) is 14.4 Å². The molecule has 32 heavy (non-hydrogen) atoms. The number of nitrogens with one attached hydrogen (secondary N) is 8. The Morgan fingerprint density at radius 3 is 2.91 bits per heavy atom. The summed E-state index contributed by atoms with van der Waals surface area (Å²) in [5, 5.41) is 16.8. The molecule has 2 amide bonds. The maximum atomic E-state index is 12.1. The normalized spacial score (nSPS) is 35.2. The maximum absolute atomic E-state index is 12.1. The molecule has 4 rings (SSSR count). The van der Waals surface area contributed by atoms with E-state index in [1.165, 1.54) is 6.42 Å². The molecule has 182 valence electrons. The van der Waals surface area contributed by atoms with Crippen LogP contribution in [0.5, 0.6) is 0 Å². The Labute approximate surface area is 190 Å². The number of carbonyl (C=O) groups is 2. The van der Waals surface area contributed by atoms with Gasteiger partial charge in [0.2, 0.25) is 11.8 Å². The first-order valence-corrected chi connectivity index (χ1v) is 12.4. The third-order valence-electron chi connectivity index (χ3n) is 7.02. The van der Waals surface area contributed by atoms with Crippen molar-refractivity contribution >= 4 is 11.8 Å². The highest BCUT2D eigenvalue weighted by Crippen LogP contribution is 2.33. The molecule has 1 saturated carbocycles. The standard InChI is InChI=1S/C21H40N8O3/c30-17(7-3-8-18-26-20(29-32-18)16-13-22-11-12-23-16)24-9-4-10-25-19-14-5-1-2-6-15(14)21(31)28-27-19/h14-16,18-20,22-23,25-27,29H,1-13H2,(H,24,30)(H,28,31). The van der Waals surface area contributed by atoms with Gasteiger partial charge in [-0.25, -0.2) is 5.43 Å². The van der Waals surface area contributed by atoms with Gasteiger partial charge in [-0.1, -0.05) is 12.8 Å². The van der Waals surface area contributed by atoms with E-state index in [1.54, 1.807) is 0 Å². The second-order valence-electron chi connectivity index (χ2n) is 9.35. The first-order valence-electron chi connectivity index (χ1n) is 12.4. The summed E-state index contributed by atoms with van der Waals surface area (Å²) in [6.45, 7) is 4.31. The Morgan fingerprint density at radius 2 is 2.03 bits per heavy atom. The molecule has 11 nitrogen and oxygen atoms in total. The zero-order valence-electron chi connectivity index (χ0n) is 18.9. The predicted molar refractivity (Wildman–Crippen MR) is 120 cm³/mol. The first-order chi connectivity index (χ1) is 15.7. The Balaban J connectivity index is 1.02. The van der Waals surface area contributed by atoms with Crippen LogP contribution in [0, 0.1) is 11.8 Å². The van der Waals surface area contributed by atoms with Gasteiger partial charge in [-0.2, -0.15) is 5.48 Å². The van der Waals surface area contributed by atoms with Crippen LogP contribution in [0.25, 0.3) is 0 Å². The van der Waals surface area contributed by atoms with Gasteiger partial charge in [-0.15, -0.1) is 0 Å². The van der Waals surface area contributed by atoms with E-state index >= 15 is 0 Å². The van der Waals surface area contributed by atoms with Crippen molar-refractivity contribution in [1.29, 1.82) is 0 Å². The lowest BCUT2D eigenvalue weighted by Crippen LogP contribution is -2.64. The van der Waals surface area contributed by atoms with Gasteiger partial charge in [0, 0.05) is 44.4 Å². The number of amides is 2. The fourth-order valence-electron chi connectivity index (χ4n) is 5.22. The van der Waals surface area contributed by atoms with Crippen LogP contribution in [-0.4, -0.2) is 69.1 Å². The van der Waals surface area contributed by atoms with Crippen LogP contribution in [0.15, 0.2) is 0 Å². The van der Waals surface area contributed by atoms with E-state index in [2.05, 4.69) is 42.9 Å². The van der Waals surface area contributed by atoms with E-state index < -0.39 is 0 Å². The average Bonchev–Trinajstić information content (AvgIpc) is 3.30. The van der Waals surface area contributed by atoms with E-state index in [4.69, 9.17) is 4.84 Å². The van der Waals surface area contributed by atoms with Crippen molar-refractivity contribution in [3.63, 3.8) is 0 Å². The van der Waals surface area contributed by atoms with Gasteiger partial charge in [0.1, 0.15) is 12.4 Å². The van der Waals surface area contributed by atoms with Crippen molar-refractivity contribution in [3.05, 3.63) is 0 Å². The highest BCUT2D eigenvalue weighted by atomic mass is 16.7. The van der Waals surface area contributed by atoms with Crippen LogP contribution < -0.4 is 42.9 Å². The summed E-state index contributed by atoms with van der Waals surface area (Å²) < 4.78 is 0. The first kappa shape index (κ1) is 23.8. The largest absolute Gasteiger partial charge is 0.356 e. The number of piperazine rings is 1. The van der Waals surface area contributed by atoms with Crippen LogP contribution in [0.3, 0.4) is 0 Å². The second kappa shape index (κ2) is 12.2. The van der Waals surface area contributed by atoms with Gasteiger partial charge in [-0.05, 0) is 38.6 Å². The number of rotatable bonds is 10. The van der Waals surface area contributed by atoms with Crippen LogP contribution in [0.1, 0.15) is 51.4 Å². The minimum absolute atomic E-state index is 0.0622. The summed E-state index contributed by atoms with van der Waals surface area (Å²) in [6, 6.07) is 0.301. The van der Waals surface area contributed by atoms with Crippen LogP contribution >= 0.6 is 0 Å². The summed E-state index contributed by atoms with van der Waals surface area (Å²) in [5.41, 5.74) is 8.99. The summed E-state index contributed by atoms with van der Waals surface area (Å²) in [4.78, 5) is 29.8. The predicted octanol–water partition coefficient (Wildman–Crippen LogP) is -1.64. The molecule has 6 atom stereocenters. The van der Waals surface area contributed by atoms with E-state index in [-0.39, 0.29) is 36.3 Å². The van der Waals surface area contributed by atoms with Gasteiger partial charge < -0.3 is 21.3 Å². The average molecular weight is 453 g/mol. The Kier molecular flexibility index (Phi) is 9.09. The molecule has 4 aliphatic rings. The third kappa shape index (κ3) is 6.60. The molecule has 1 aliphatic carbocycles. The summed E-state index contributed by atoms with van der Waals surface area (Å²) in [5.74, 6) is 0.701. The van der Waals surface area contributed by atoms with E-state index in [1.807, 2.05) is 0 Å². The van der Waals surface area contributed by atoms with E-state index in [0.717, 1.165) is 64.7 Å². The van der Waals surface area contributed by atoms with Gasteiger partial charge in [0.05, 0.1) is 12.2 Å². The van der Waals surface area contributed by atoms with Crippen molar-refractivity contribution in [2.75, 3.05) is 32.7 Å². The van der Waals surface area contributed by atoms with Crippen molar-refractivity contribution in [3.8, 4) is 0 Å². The lowest BCUT2D eigenvalue weighted by Gasteiger charge is -2.41. The quantitative estimate of drug-likeness (QED) is 0.183. The highest BCUT2D eigenvalue weighted by Gasteiger charge is 2.39. The lowest BCUT2D eigenvalue weighted by molar-refractivity contribution is -0.134. The topological polar surface area (TPSA) is 140 Å². The number of fused-ring (bicyclic) bond motifs is 1. The molecule has 6 unspecified atom stereocenters. The Bertz CT molecular complexity index is 618. The fraction of sp³-hybridized carbons (Fsp3) is 0.905. The molecular formula is C21H40N8O3. The Morgan fingerprint density at radius 1 is 1.12 bits per heavy atom. The minimum atomic E-state index is -0.0622. The number of hydrazine groups is 1. The van der Waals surface area contributed by atoms with Gasteiger partial charge in [-0.3, -0.25) is 25.2 Å². The van der Waals surface area contributed by atoms with Crippen molar-refractivity contribution in [1.82, 2.24) is 42.9 Å². The second-order valence-corrected chi connectivity index (χ2v) is 9.35. The molecule has 4 fully saturated rings. The molecule has 0 aromatic rings. The van der Waals surface area contributed by atoms with E-state index in [0.29, 0.717) is 24.9 Å². The number of hydrogen-bond donors (Lipinski definition) is 8. The maximum Gasteiger partial charge on any atom is 0.237 e. The Hall–Kier alpha value is -1.34. The molecule has 0 aromatic heterocycles.